The first-order valence-electron chi connectivity index (χ1n) is 4.79. The van der Waals surface area contributed by atoms with E-state index in [0.717, 1.165) is 6.54 Å². The first kappa shape index (κ1) is 12.2. The van der Waals surface area contributed by atoms with Crippen molar-refractivity contribution in [3.63, 3.8) is 0 Å². The molecule has 1 rings (SSSR count). The van der Waals surface area contributed by atoms with Crippen molar-refractivity contribution in [2.24, 2.45) is 0 Å². The second-order valence-corrected chi connectivity index (χ2v) is 3.82. The third-order valence-corrected chi connectivity index (χ3v) is 2.76. The second kappa shape index (κ2) is 5.87. The maximum atomic E-state index is 11.3. The smallest absolute Gasteiger partial charge is 0.267 e. The van der Waals surface area contributed by atoms with Gasteiger partial charge in [0.05, 0.1) is 6.33 Å². The fraction of sp³-hybridized carbons (Fsp3) is 0.556. The van der Waals surface area contributed by atoms with Crippen LogP contribution in [0.1, 0.15) is 13.3 Å². The van der Waals surface area contributed by atoms with Gasteiger partial charge in [0.25, 0.3) is 5.56 Å². The molecule has 0 aliphatic carbocycles. The number of rotatable bonds is 5. The number of halogens is 1. The van der Waals surface area contributed by atoms with E-state index in [9.17, 15) is 4.79 Å². The molecule has 0 fully saturated rings. The number of anilines is 1. The van der Waals surface area contributed by atoms with Crippen LogP contribution in [0.5, 0.6) is 0 Å². The zero-order chi connectivity index (χ0) is 11.3. The number of aliphatic hydroxyl groups is 1. The van der Waals surface area contributed by atoms with Gasteiger partial charge < -0.3 is 15.0 Å². The van der Waals surface area contributed by atoms with Crippen molar-refractivity contribution in [2.45, 2.75) is 13.3 Å². The summed E-state index contributed by atoms with van der Waals surface area (Å²) in [4.78, 5) is 19.8. The highest BCUT2D eigenvalue weighted by atomic mass is 79.9. The summed E-state index contributed by atoms with van der Waals surface area (Å²) >= 11 is 3.20. The highest BCUT2D eigenvalue weighted by molar-refractivity contribution is 9.10. The summed E-state index contributed by atoms with van der Waals surface area (Å²) in [5.41, 5.74) is -0.192. The maximum Gasteiger partial charge on any atom is 0.267 e. The number of hydrogen-bond donors (Lipinski definition) is 2. The summed E-state index contributed by atoms with van der Waals surface area (Å²) in [6.45, 7) is 3.54. The van der Waals surface area contributed by atoms with E-state index in [1.165, 1.54) is 6.33 Å². The van der Waals surface area contributed by atoms with Gasteiger partial charge in [0.1, 0.15) is 10.3 Å². The molecule has 0 saturated heterocycles. The highest BCUT2D eigenvalue weighted by Gasteiger charge is 2.11. The number of H-pyrrole nitrogens is 1. The van der Waals surface area contributed by atoms with Crippen LogP contribution in [0, 0.1) is 0 Å². The van der Waals surface area contributed by atoms with Crippen LogP contribution in [-0.4, -0.2) is 34.8 Å². The molecule has 0 atom stereocenters. The molecule has 0 aromatic carbocycles. The van der Waals surface area contributed by atoms with E-state index >= 15 is 0 Å². The summed E-state index contributed by atoms with van der Waals surface area (Å²) in [5, 5.41) is 8.75. The number of nitrogens with zero attached hydrogens (tertiary/aromatic N) is 2. The lowest BCUT2D eigenvalue weighted by molar-refractivity contribution is 0.289. The van der Waals surface area contributed by atoms with Gasteiger partial charge in [-0.3, -0.25) is 4.79 Å². The fourth-order valence-electron chi connectivity index (χ4n) is 1.27. The standard InChI is InChI=1S/C9H14BrN3O2/c1-2-13(4-3-5-14)8-7(10)9(15)12-6-11-8/h6,14H,2-5H2,1H3,(H,11,12,15). The fourth-order valence-corrected chi connectivity index (χ4v) is 1.74. The lowest BCUT2D eigenvalue weighted by Crippen LogP contribution is -2.28. The third-order valence-electron chi connectivity index (χ3n) is 2.05. The zero-order valence-corrected chi connectivity index (χ0v) is 10.1. The minimum Gasteiger partial charge on any atom is -0.396 e. The SMILES string of the molecule is CCN(CCCO)c1nc[nH]c(=O)c1Br. The lowest BCUT2D eigenvalue weighted by Gasteiger charge is -2.21. The van der Waals surface area contributed by atoms with Crippen molar-refractivity contribution < 1.29 is 5.11 Å². The van der Waals surface area contributed by atoms with Crippen molar-refractivity contribution >= 4 is 21.7 Å². The molecular formula is C9H14BrN3O2. The predicted molar refractivity (Wildman–Crippen MR) is 62.1 cm³/mol. The molecule has 84 valence electrons. The van der Waals surface area contributed by atoms with Crippen LogP contribution >= 0.6 is 15.9 Å². The topological polar surface area (TPSA) is 69.2 Å². The average molecular weight is 276 g/mol. The molecule has 1 aromatic heterocycles. The Morgan fingerprint density at radius 3 is 3.00 bits per heavy atom. The van der Waals surface area contributed by atoms with Crippen molar-refractivity contribution in [2.75, 3.05) is 24.6 Å². The molecule has 15 heavy (non-hydrogen) atoms. The molecule has 0 aliphatic heterocycles. The van der Waals surface area contributed by atoms with Gasteiger partial charge in [-0.2, -0.15) is 0 Å². The Bertz CT molecular complexity index is 367. The summed E-state index contributed by atoms with van der Waals surface area (Å²) in [5.74, 6) is 0.620. The quantitative estimate of drug-likeness (QED) is 0.832. The van der Waals surface area contributed by atoms with E-state index < -0.39 is 0 Å². The van der Waals surface area contributed by atoms with Crippen molar-refractivity contribution in [1.82, 2.24) is 9.97 Å². The van der Waals surface area contributed by atoms with Crippen LogP contribution < -0.4 is 10.5 Å². The Balaban J connectivity index is 2.91. The predicted octanol–water partition coefficient (Wildman–Crippen LogP) is 0.741. The van der Waals surface area contributed by atoms with Gasteiger partial charge in [0, 0.05) is 19.7 Å². The Morgan fingerprint density at radius 1 is 1.67 bits per heavy atom. The number of aromatic amines is 1. The number of aliphatic hydroxyl groups excluding tert-OH is 1. The number of hydrogen-bond acceptors (Lipinski definition) is 4. The summed E-state index contributed by atoms with van der Waals surface area (Å²) in [6, 6.07) is 0. The summed E-state index contributed by atoms with van der Waals surface area (Å²) in [7, 11) is 0. The third kappa shape index (κ3) is 3.04. The van der Waals surface area contributed by atoms with Gasteiger partial charge in [-0.05, 0) is 29.3 Å². The Labute approximate surface area is 96.3 Å². The van der Waals surface area contributed by atoms with E-state index in [0.29, 0.717) is 23.3 Å². The van der Waals surface area contributed by atoms with Gasteiger partial charge >= 0.3 is 0 Å². The largest absolute Gasteiger partial charge is 0.396 e. The molecule has 0 saturated carbocycles. The van der Waals surface area contributed by atoms with Crippen LogP contribution in [0.15, 0.2) is 15.6 Å². The van der Waals surface area contributed by atoms with Crippen LogP contribution in [0.3, 0.4) is 0 Å². The first-order valence-corrected chi connectivity index (χ1v) is 5.59. The normalized spacial score (nSPS) is 10.3. The summed E-state index contributed by atoms with van der Waals surface area (Å²) < 4.78 is 0.435. The highest BCUT2D eigenvalue weighted by Crippen LogP contribution is 2.18. The van der Waals surface area contributed by atoms with Crippen LogP contribution in [0.25, 0.3) is 0 Å². The molecule has 0 radical (unpaired) electrons. The van der Waals surface area contributed by atoms with Gasteiger partial charge in [0.2, 0.25) is 0 Å². The minimum absolute atomic E-state index is 0.136. The molecule has 5 nitrogen and oxygen atoms in total. The maximum absolute atomic E-state index is 11.3. The van der Waals surface area contributed by atoms with Gasteiger partial charge in [-0.25, -0.2) is 4.98 Å². The Hall–Kier alpha value is -0.880. The van der Waals surface area contributed by atoms with Crippen LogP contribution in [-0.2, 0) is 0 Å². The average Bonchev–Trinajstić information content (AvgIpc) is 2.25. The van der Waals surface area contributed by atoms with Crippen LogP contribution in [0.2, 0.25) is 0 Å². The Morgan fingerprint density at radius 2 is 2.40 bits per heavy atom. The molecule has 0 bridgehead atoms. The van der Waals surface area contributed by atoms with E-state index in [-0.39, 0.29) is 12.2 Å². The van der Waals surface area contributed by atoms with Crippen molar-refractivity contribution in [3.8, 4) is 0 Å². The number of aromatic nitrogens is 2. The van der Waals surface area contributed by atoms with Gasteiger partial charge in [-0.15, -0.1) is 0 Å². The molecular weight excluding hydrogens is 262 g/mol. The number of nitrogens with one attached hydrogen (secondary N) is 1. The summed E-state index contributed by atoms with van der Waals surface area (Å²) in [6.07, 6.45) is 2.04. The molecule has 0 amide bonds. The zero-order valence-electron chi connectivity index (χ0n) is 8.53. The molecule has 6 heteroatoms. The van der Waals surface area contributed by atoms with E-state index in [4.69, 9.17) is 5.11 Å². The first-order chi connectivity index (χ1) is 7.20. The molecule has 2 N–H and O–H groups in total. The molecule has 0 spiro atoms. The monoisotopic (exact) mass is 275 g/mol. The van der Waals surface area contributed by atoms with Crippen molar-refractivity contribution in [3.05, 3.63) is 21.2 Å². The molecule has 1 heterocycles. The minimum atomic E-state index is -0.192. The molecule has 0 aliphatic rings. The molecule has 1 aromatic rings. The van der Waals surface area contributed by atoms with Gasteiger partial charge in [-0.1, -0.05) is 0 Å². The Kier molecular flexibility index (Phi) is 4.77. The molecule has 0 unspecified atom stereocenters. The van der Waals surface area contributed by atoms with E-state index in [1.807, 2.05) is 11.8 Å². The van der Waals surface area contributed by atoms with E-state index in [1.54, 1.807) is 0 Å². The lowest BCUT2D eigenvalue weighted by atomic mass is 10.4. The van der Waals surface area contributed by atoms with E-state index in [2.05, 4.69) is 25.9 Å². The van der Waals surface area contributed by atoms with Gasteiger partial charge in [0.15, 0.2) is 0 Å². The van der Waals surface area contributed by atoms with Crippen molar-refractivity contribution in [1.29, 1.82) is 0 Å². The second-order valence-electron chi connectivity index (χ2n) is 3.03. The van der Waals surface area contributed by atoms with Crippen LogP contribution in [0.4, 0.5) is 5.82 Å².